The first-order chi connectivity index (χ1) is 14.1. The van der Waals surface area contributed by atoms with Crippen LogP contribution in [0.4, 0.5) is 0 Å². The van der Waals surface area contributed by atoms with Gasteiger partial charge in [0, 0.05) is 47.7 Å². The number of rotatable bonds is 3. The zero-order valence-electron chi connectivity index (χ0n) is 15.7. The Morgan fingerprint density at radius 2 is 2.07 bits per heavy atom. The molecule has 8 nitrogen and oxygen atoms in total. The molecule has 9 heteroatoms. The van der Waals surface area contributed by atoms with E-state index in [2.05, 4.69) is 20.1 Å². The number of carbonyl (C=O) groups excluding carboxylic acids is 1. The molecule has 0 aromatic carbocycles. The molecule has 5 heterocycles. The highest BCUT2D eigenvalue weighted by molar-refractivity contribution is 7.13. The zero-order chi connectivity index (χ0) is 20.0. The third-order valence-electron chi connectivity index (χ3n) is 5.12. The Hall–Kier alpha value is -3.33. The molecule has 0 aliphatic carbocycles. The Labute approximate surface area is 169 Å². The van der Waals surface area contributed by atoms with Gasteiger partial charge in [0.1, 0.15) is 10.7 Å². The van der Waals surface area contributed by atoms with Crippen molar-refractivity contribution in [3.8, 4) is 10.6 Å². The molecule has 0 spiro atoms. The van der Waals surface area contributed by atoms with Crippen LogP contribution in [0, 0.1) is 6.92 Å². The Bertz CT molecular complexity index is 1260. The summed E-state index contributed by atoms with van der Waals surface area (Å²) in [5, 5.41) is 5.72. The first-order valence-corrected chi connectivity index (χ1v) is 10.2. The van der Waals surface area contributed by atoms with E-state index >= 15 is 0 Å². The number of thiazole rings is 1. The number of aryl methyl sites for hydroxylation is 1. The van der Waals surface area contributed by atoms with Gasteiger partial charge in [-0.25, -0.2) is 14.5 Å². The quantitative estimate of drug-likeness (QED) is 0.564. The fourth-order valence-corrected chi connectivity index (χ4v) is 4.58. The first-order valence-electron chi connectivity index (χ1n) is 9.36. The molecule has 0 unspecified atom stereocenters. The number of carbonyl (C=O) groups is 1. The molecule has 5 rings (SSSR count). The molecule has 1 saturated heterocycles. The summed E-state index contributed by atoms with van der Waals surface area (Å²) in [5.41, 5.74) is 3.28. The van der Waals surface area contributed by atoms with Gasteiger partial charge in [-0.1, -0.05) is 0 Å². The average molecular weight is 406 g/mol. The van der Waals surface area contributed by atoms with Gasteiger partial charge in [-0.2, -0.15) is 0 Å². The number of aromatic amines is 1. The highest BCUT2D eigenvalue weighted by Crippen LogP contribution is 2.33. The van der Waals surface area contributed by atoms with Crippen molar-refractivity contribution >= 4 is 22.9 Å². The molecule has 4 aromatic heterocycles. The first kappa shape index (κ1) is 17.7. The monoisotopic (exact) mass is 406 g/mol. The SMILES string of the molecule is Cc1cc(=O)n2[nH]c([C@H]3CCCN3C(=O)c3csc(-c4ccncc4)n3)cc2n1. The van der Waals surface area contributed by atoms with E-state index in [9.17, 15) is 9.59 Å². The van der Waals surface area contributed by atoms with E-state index in [0.29, 0.717) is 23.6 Å². The summed E-state index contributed by atoms with van der Waals surface area (Å²) in [6.07, 6.45) is 5.15. The number of amides is 1. The van der Waals surface area contributed by atoms with Crippen LogP contribution in [0.25, 0.3) is 16.2 Å². The normalized spacial score (nSPS) is 16.6. The van der Waals surface area contributed by atoms with Crippen LogP contribution >= 0.6 is 11.3 Å². The third kappa shape index (κ3) is 3.13. The molecule has 0 saturated carbocycles. The van der Waals surface area contributed by atoms with E-state index in [1.165, 1.54) is 21.9 Å². The zero-order valence-corrected chi connectivity index (χ0v) is 16.5. The number of pyridine rings is 1. The summed E-state index contributed by atoms with van der Waals surface area (Å²) in [4.78, 5) is 40.2. The Morgan fingerprint density at radius 3 is 2.90 bits per heavy atom. The van der Waals surface area contributed by atoms with Gasteiger partial charge >= 0.3 is 0 Å². The van der Waals surface area contributed by atoms with Gasteiger partial charge in [0.25, 0.3) is 11.5 Å². The second-order valence-corrected chi connectivity index (χ2v) is 7.93. The number of aromatic nitrogens is 5. The van der Waals surface area contributed by atoms with E-state index in [-0.39, 0.29) is 17.5 Å². The highest BCUT2D eigenvalue weighted by atomic mass is 32.1. The second kappa shape index (κ2) is 6.93. The molecule has 1 aliphatic heterocycles. The number of likely N-dealkylation sites (tertiary alicyclic amines) is 1. The van der Waals surface area contributed by atoms with Crippen LogP contribution in [-0.4, -0.2) is 41.9 Å². The molecule has 1 N–H and O–H groups in total. The summed E-state index contributed by atoms with van der Waals surface area (Å²) >= 11 is 1.44. The van der Waals surface area contributed by atoms with Crippen molar-refractivity contribution in [2.45, 2.75) is 25.8 Å². The van der Waals surface area contributed by atoms with E-state index in [4.69, 9.17) is 0 Å². The van der Waals surface area contributed by atoms with Crippen LogP contribution in [0.1, 0.15) is 40.8 Å². The fourth-order valence-electron chi connectivity index (χ4n) is 3.78. The summed E-state index contributed by atoms with van der Waals surface area (Å²) < 4.78 is 1.42. The predicted molar refractivity (Wildman–Crippen MR) is 109 cm³/mol. The van der Waals surface area contributed by atoms with Crippen molar-refractivity contribution in [2.75, 3.05) is 6.54 Å². The van der Waals surface area contributed by atoms with Crippen molar-refractivity contribution in [2.24, 2.45) is 0 Å². The minimum atomic E-state index is -0.156. The number of H-pyrrole nitrogens is 1. The summed E-state index contributed by atoms with van der Waals surface area (Å²) in [5.74, 6) is -0.0980. The lowest BCUT2D eigenvalue weighted by atomic mass is 10.1. The van der Waals surface area contributed by atoms with Crippen molar-refractivity contribution in [1.82, 2.24) is 29.5 Å². The van der Waals surface area contributed by atoms with Crippen molar-refractivity contribution in [3.63, 3.8) is 0 Å². The lowest BCUT2D eigenvalue weighted by Gasteiger charge is -2.22. The number of hydrogen-bond donors (Lipinski definition) is 1. The third-order valence-corrected chi connectivity index (χ3v) is 6.01. The van der Waals surface area contributed by atoms with Crippen LogP contribution in [0.15, 0.2) is 46.8 Å². The molecule has 146 valence electrons. The van der Waals surface area contributed by atoms with Gasteiger partial charge in [-0.05, 0) is 31.9 Å². The van der Waals surface area contributed by atoms with E-state index in [0.717, 1.165) is 29.1 Å². The maximum atomic E-state index is 13.2. The molecular weight excluding hydrogens is 388 g/mol. The Kier molecular flexibility index (Phi) is 4.24. The van der Waals surface area contributed by atoms with Gasteiger partial charge in [-0.3, -0.25) is 19.7 Å². The highest BCUT2D eigenvalue weighted by Gasteiger charge is 2.33. The van der Waals surface area contributed by atoms with Crippen LogP contribution in [0.3, 0.4) is 0 Å². The standard InChI is InChI=1S/C20H18N6O2S/c1-12-9-18(27)26-17(22-12)10-14(24-26)16-3-2-8-25(16)20(28)15-11-29-19(23-15)13-4-6-21-7-5-13/h4-7,9-11,16,24H,2-3,8H2,1H3/t16-/m1/s1. The van der Waals surface area contributed by atoms with E-state index < -0.39 is 0 Å². The van der Waals surface area contributed by atoms with Gasteiger partial charge in [-0.15, -0.1) is 11.3 Å². The van der Waals surface area contributed by atoms with Crippen LogP contribution in [0.5, 0.6) is 0 Å². The van der Waals surface area contributed by atoms with E-state index in [1.54, 1.807) is 24.7 Å². The minimum absolute atomic E-state index is 0.0980. The fraction of sp³-hybridized carbons (Fsp3) is 0.250. The number of nitrogens with zero attached hydrogens (tertiary/aromatic N) is 5. The lowest BCUT2D eigenvalue weighted by Crippen LogP contribution is -2.31. The summed E-state index contributed by atoms with van der Waals surface area (Å²) in [6.45, 7) is 2.45. The van der Waals surface area contributed by atoms with Crippen LogP contribution < -0.4 is 5.56 Å². The molecule has 0 bridgehead atoms. The van der Waals surface area contributed by atoms with Gasteiger partial charge in [0.15, 0.2) is 5.65 Å². The maximum Gasteiger partial charge on any atom is 0.273 e. The second-order valence-electron chi connectivity index (χ2n) is 7.07. The molecule has 1 atom stereocenters. The molecule has 0 radical (unpaired) electrons. The van der Waals surface area contributed by atoms with Crippen molar-refractivity contribution in [3.05, 3.63) is 69.5 Å². The van der Waals surface area contributed by atoms with Gasteiger partial charge in [0.05, 0.1) is 11.7 Å². The van der Waals surface area contributed by atoms with Crippen molar-refractivity contribution < 1.29 is 4.79 Å². The van der Waals surface area contributed by atoms with Crippen molar-refractivity contribution in [1.29, 1.82) is 0 Å². The topological polar surface area (TPSA) is 96.2 Å². The number of hydrogen-bond acceptors (Lipinski definition) is 6. The predicted octanol–water partition coefficient (Wildman–Crippen LogP) is 2.83. The minimum Gasteiger partial charge on any atom is -0.329 e. The lowest BCUT2D eigenvalue weighted by molar-refractivity contribution is 0.0727. The average Bonchev–Trinajstić information content (AvgIpc) is 3.46. The van der Waals surface area contributed by atoms with E-state index in [1.807, 2.05) is 23.1 Å². The van der Waals surface area contributed by atoms with Crippen LogP contribution in [0.2, 0.25) is 0 Å². The largest absolute Gasteiger partial charge is 0.329 e. The van der Waals surface area contributed by atoms with Gasteiger partial charge < -0.3 is 4.90 Å². The van der Waals surface area contributed by atoms with Crippen LogP contribution in [-0.2, 0) is 0 Å². The molecule has 4 aromatic rings. The van der Waals surface area contributed by atoms with Gasteiger partial charge in [0.2, 0.25) is 0 Å². The molecule has 1 fully saturated rings. The molecule has 29 heavy (non-hydrogen) atoms. The number of fused-ring (bicyclic) bond motifs is 1. The maximum absolute atomic E-state index is 13.2. The molecule has 1 aliphatic rings. The summed E-state index contributed by atoms with van der Waals surface area (Å²) in [6, 6.07) is 6.97. The summed E-state index contributed by atoms with van der Waals surface area (Å²) in [7, 11) is 0. The molecular formula is C20H18N6O2S. The molecule has 1 amide bonds. The Morgan fingerprint density at radius 1 is 1.24 bits per heavy atom. The Balaban J connectivity index is 1.45. The number of nitrogens with one attached hydrogen (secondary N) is 1. The smallest absolute Gasteiger partial charge is 0.273 e.